The molecule has 0 aromatic rings. The highest BCUT2D eigenvalue weighted by atomic mass is 35.5. The SMILES string of the molecule is FC(=CCl)C(F)(F)N(C(F)(F)F)C(F)(F)C(F)(F)F. The summed E-state index contributed by atoms with van der Waals surface area (Å²) in [7, 11) is 0. The van der Waals surface area contributed by atoms with E-state index in [4.69, 9.17) is 0 Å². The third kappa shape index (κ3) is 3.41. The molecule has 0 rings (SSSR count). The van der Waals surface area contributed by atoms with Gasteiger partial charge in [-0.05, 0) is 0 Å². The standard InChI is InChI=1S/C6HClF11N/c7-1-2(8)3(9,10)19(6(16,17)18)5(14,15)4(11,12)13/h1H. The van der Waals surface area contributed by atoms with Crippen LogP contribution in [-0.4, -0.2) is 29.5 Å². The van der Waals surface area contributed by atoms with Crippen LogP contribution in [0.3, 0.4) is 0 Å². The largest absolute Gasteiger partial charge is 0.470 e. The number of nitrogens with zero attached hydrogens (tertiary/aromatic N) is 1. The molecule has 0 aliphatic heterocycles. The summed E-state index contributed by atoms with van der Waals surface area (Å²) in [6.07, 6.45) is -13.9. The van der Waals surface area contributed by atoms with Gasteiger partial charge in [-0.2, -0.15) is 43.9 Å². The van der Waals surface area contributed by atoms with E-state index >= 15 is 0 Å². The van der Waals surface area contributed by atoms with E-state index in [1.54, 1.807) is 0 Å². The van der Waals surface area contributed by atoms with E-state index in [-0.39, 0.29) is 0 Å². The molecule has 0 heterocycles. The fourth-order valence-corrected chi connectivity index (χ4v) is 0.925. The van der Waals surface area contributed by atoms with Crippen molar-refractivity contribution >= 4 is 11.6 Å². The lowest BCUT2D eigenvalue weighted by Gasteiger charge is -2.37. The Kier molecular flexibility index (Phi) is 4.76. The molecule has 0 bridgehead atoms. The van der Waals surface area contributed by atoms with Crippen LogP contribution in [0.5, 0.6) is 0 Å². The van der Waals surface area contributed by atoms with Gasteiger partial charge in [0.25, 0.3) is 0 Å². The molecule has 0 saturated carbocycles. The zero-order valence-electron chi connectivity index (χ0n) is 8.06. The number of rotatable bonds is 3. The maximum atomic E-state index is 12.7. The summed E-state index contributed by atoms with van der Waals surface area (Å²) >= 11 is 4.26. The van der Waals surface area contributed by atoms with Gasteiger partial charge >= 0.3 is 24.6 Å². The lowest BCUT2D eigenvalue weighted by molar-refractivity contribution is -0.456. The Balaban J connectivity index is 6.04. The van der Waals surface area contributed by atoms with Crippen molar-refractivity contribution in [2.45, 2.75) is 24.6 Å². The van der Waals surface area contributed by atoms with Crippen LogP contribution in [0.25, 0.3) is 0 Å². The molecule has 13 heteroatoms. The maximum absolute atomic E-state index is 12.7. The molecule has 0 aromatic heterocycles. The zero-order chi connectivity index (χ0) is 15.9. The minimum Gasteiger partial charge on any atom is -0.202 e. The van der Waals surface area contributed by atoms with Crippen molar-refractivity contribution in [1.82, 2.24) is 4.90 Å². The minimum absolute atomic E-state index is 0.898. The minimum atomic E-state index is -7.08. The van der Waals surface area contributed by atoms with Crippen LogP contribution in [0.15, 0.2) is 11.4 Å². The summed E-state index contributed by atoms with van der Waals surface area (Å²) in [5, 5.41) is 0. The van der Waals surface area contributed by atoms with E-state index in [1.807, 2.05) is 0 Å². The topological polar surface area (TPSA) is 3.24 Å². The Morgan fingerprint density at radius 3 is 1.42 bits per heavy atom. The van der Waals surface area contributed by atoms with Crippen molar-refractivity contribution in [3.63, 3.8) is 0 Å². The predicted molar refractivity (Wildman–Crippen MR) is 38.9 cm³/mol. The molecule has 0 fully saturated rings. The van der Waals surface area contributed by atoms with E-state index in [0.29, 0.717) is 0 Å². The first kappa shape index (κ1) is 18.2. The smallest absolute Gasteiger partial charge is 0.202 e. The number of alkyl halides is 10. The molecule has 1 nitrogen and oxygen atoms in total. The first-order valence-electron chi connectivity index (χ1n) is 3.76. The lowest BCUT2D eigenvalue weighted by Crippen LogP contribution is -2.65. The van der Waals surface area contributed by atoms with Crippen LogP contribution in [0.1, 0.15) is 0 Å². The first-order chi connectivity index (χ1) is 8.10. The Hall–Kier alpha value is -0.780. The van der Waals surface area contributed by atoms with Crippen molar-refractivity contribution in [3.05, 3.63) is 11.4 Å². The average molecular weight is 332 g/mol. The normalized spacial score (nSPS) is 16.2. The fourth-order valence-electron chi connectivity index (χ4n) is 0.794. The van der Waals surface area contributed by atoms with Crippen LogP contribution in [0, 0.1) is 0 Å². The van der Waals surface area contributed by atoms with Gasteiger partial charge in [0.2, 0.25) is 0 Å². The molecule has 0 saturated heterocycles. The van der Waals surface area contributed by atoms with E-state index in [1.165, 1.54) is 0 Å². The summed E-state index contributed by atoms with van der Waals surface area (Å²) in [5.74, 6) is -3.34. The molecule has 0 aliphatic carbocycles. The number of hydrogen-bond donors (Lipinski definition) is 0. The molecule has 114 valence electrons. The van der Waals surface area contributed by atoms with Gasteiger partial charge in [-0.1, -0.05) is 16.5 Å². The van der Waals surface area contributed by atoms with Crippen LogP contribution in [0.4, 0.5) is 48.3 Å². The van der Waals surface area contributed by atoms with Crippen molar-refractivity contribution in [2.24, 2.45) is 0 Å². The molecule has 0 unspecified atom stereocenters. The third-order valence-electron chi connectivity index (χ3n) is 1.54. The van der Waals surface area contributed by atoms with E-state index in [9.17, 15) is 48.3 Å². The average Bonchev–Trinajstić information content (AvgIpc) is 2.10. The Bertz CT molecular complexity index is 353. The van der Waals surface area contributed by atoms with Crippen molar-refractivity contribution < 1.29 is 48.3 Å². The Labute approximate surface area is 102 Å². The van der Waals surface area contributed by atoms with Gasteiger partial charge in [-0.25, -0.2) is 4.39 Å². The van der Waals surface area contributed by atoms with Gasteiger partial charge in [-0.15, -0.1) is 0 Å². The van der Waals surface area contributed by atoms with Gasteiger partial charge in [0, 0.05) is 5.54 Å². The van der Waals surface area contributed by atoms with Gasteiger partial charge in [0.15, 0.2) is 5.83 Å². The van der Waals surface area contributed by atoms with Crippen LogP contribution in [0.2, 0.25) is 0 Å². The summed E-state index contributed by atoms with van der Waals surface area (Å²) in [5.41, 5.74) is -0.898. The van der Waals surface area contributed by atoms with Gasteiger partial charge in [-0.3, -0.25) is 0 Å². The second-order valence-electron chi connectivity index (χ2n) is 2.84. The highest BCUT2D eigenvalue weighted by Crippen LogP contribution is 2.50. The van der Waals surface area contributed by atoms with Crippen molar-refractivity contribution in [3.8, 4) is 0 Å². The molecule has 0 atom stereocenters. The van der Waals surface area contributed by atoms with Crippen LogP contribution < -0.4 is 0 Å². The van der Waals surface area contributed by atoms with Crippen molar-refractivity contribution in [2.75, 3.05) is 0 Å². The molecular formula is C6HClF11N. The molecular weight excluding hydrogens is 331 g/mol. The summed E-state index contributed by atoms with van der Waals surface area (Å²) in [6.45, 7) is 0. The quantitative estimate of drug-likeness (QED) is 0.539. The Morgan fingerprint density at radius 1 is 0.842 bits per heavy atom. The monoisotopic (exact) mass is 331 g/mol. The molecule has 0 N–H and O–H groups in total. The lowest BCUT2D eigenvalue weighted by atomic mass is 10.3. The van der Waals surface area contributed by atoms with Gasteiger partial charge < -0.3 is 0 Å². The van der Waals surface area contributed by atoms with Crippen LogP contribution >= 0.6 is 11.6 Å². The summed E-state index contributed by atoms with van der Waals surface area (Å²) in [6, 6.07) is -13.4. The predicted octanol–water partition coefficient (Wildman–Crippen LogP) is 4.61. The molecule has 0 aromatic carbocycles. The van der Waals surface area contributed by atoms with Crippen molar-refractivity contribution in [1.29, 1.82) is 0 Å². The fraction of sp³-hybridized carbons (Fsp3) is 0.667. The van der Waals surface area contributed by atoms with Gasteiger partial charge in [0.1, 0.15) is 0 Å². The molecule has 0 radical (unpaired) electrons. The second-order valence-corrected chi connectivity index (χ2v) is 3.06. The molecule has 19 heavy (non-hydrogen) atoms. The highest BCUT2D eigenvalue weighted by Gasteiger charge is 2.76. The summed E-state index contributed by atoms with van der Waals surface area (Å²) < 4.78 is 134. The molecule has 0 amide bonds. The summed E-state index contributed by atoms with van der Waals surface area (Å²) in [4.78, 5) is -3.57. The third-order valence-corrected chi connectivity index (χ3v) is 1.73. The first-order valence-corrected chi connectivity index (χ1v) is 4.19. The van der Waals surface area contributed by atoms with Gasteiger partial charge in [0.05, 0.1) is 0 Å². The van der Waals surface area contributed by atoms with Crippen LogP contribution in [-0.2, 0) is 0 Å². The molecule has 0 spiro atoms. The Morgan fingerprint density at radius 2 is 1.21 bits per heavy atom. The van der Waals surface area contributed by atoms with E-state index in [0.717, 1.165) is 0 Å². The number of hydrogen-bond acceptors (Lipinski definition) is 1. The highest BCUT2D eigenvalue weighted by molar-refractivity contribution is 6.25. The molecule has 0 aliphatic rings. The zero-order valence-corrected chi connectivity index (χ0v) is 8.82. The number of halogens is 12. The van der Waals surface area contributed by atoms with E-state index < -0.39 is 40.8 Å². The maximum Gasteiger partial charge on any atom is 0.470 e. The van der Waals surface area contributed by atoms with E-state index in [2.05, 4.69) is 11.6 Å². The second kappa shape index (κ2) is 4.96.